The number of amides is 2. The summed E-state index contributed by atoms with van der Waals surface area (Å²) < 4.78 is 0. The van der Waals surface area contributed by atoms with Crippen molar-refractivity contribution in [1.82, 2.24) is 20.6 Å². The number of H-pyrrole nitrogens is 1. The Morgan fingerprint density at radius 2 is 1.57 bits per heavy atom. The zero-order valence-corrected chi connectivity index (χ0v) is 23.3. The van der Waals surface area contributed by atoms with Crippen LogP contribution in [0.25, 0.3) is 11.1 Å². The molecule has 5 N–H and O–H groups in total. The first-order valence-corrected chi connectivity index (χ1v) is 14.1. The van der Waals surface area contributed by atoms with Crippen LogP contribution in [0, 0.1) is 12.8 Å². The Hall–Kier alpha value is -4.92. The summed E-state index contributed by atoms with van der Waals surface area (Å²) >= 11 is 0. The van der Waals surface area contributed by atoms with Crippen LogP contribution in [0.15, 0.2) is 79.0 Å². The Morgan fingerprint density at radius 3 is 2.21 bits per heavy atom. The molecule has 2 atom stereocenters. The summed E-state index contributed by atoms with van der Waals surface area (Å²) in [6.07, 6.45) is 4.85. The fraction of sp³-hybridized carbons (Fsp3) is 0.273. The number of carbonyl (C=O) groups is 3. The molecule has 4 aromatic rings. The molecule has 0 bridgehead atoms. The van der Waals surface area contributed by atoms with E-state index in [9.17, 15) is 24.6 Å². The van der Waals surface area contributed by atoms with Crippen LogP contribution in [0.3, 0.4) is 0 Å². The number of ketones is 1. The van der Waals surface area contributed by atoms with Crippen LogP contribution in [0.2, 0.25) is 0 Å². The molecule has 0 unspecified atom stereocenters. The summed E-state index contributed by atoms with van der Waals surface area (Å²) in [6.45, 7) is 1.54. The maximum atomic E-state index is 13.6. The Bertz CT molecular complexity index is 1560. The molecule has 1 aliphatic carbocycles. The van der Waals surface area contributed by atoms with Gasteiger partial charge in [-0.25, -0.2) is 0 Å². The third-order valence-corrected chi connectivity index (χ3v) is 7.92. The quantitative estimate of drug-likeness (QED) is 0.167. The Morgan fingerprint density at radius 1 is 0.905 bits per heavy atom. The van der Waals surface area contributed by atoms with Crippen molar-refractivity contribution in [2.45, 2.75) is 51.1 Å². The van der Waals surface area contributed by atoms with Crippen molar-refractivity contribution < 1.29 is 24.6 Å². The van der Waals surface area contributed by atoms with Crippen LogP contribution < -0.4 is 10.6 Å². The molecule has 1 saturated carbocycles. The van der Waals surface area contributed by atoms with Gasteiger partial charge in [0, 0.05) is 11.8 Å². The van der Waals surface area contributed by atoms with Gasteiger partial charge in [0.15, 0.2) is 11.7 Å². The molecular weight excluding hydrogens is 532 g/mol. The van der Waals surface area contributed by atoms with Crippen LogP contribution in [0.5, 0.6) is 11.8 Å². The van der Waals surface area contributed by atoms with Gasteiger partial charge in [0.05, 0.1) is 24.1 Å². The van der Waals surface area contributed by atoms with Crippen molar-refractivity contribution in [2.75, 3.05) is 0 Å². The van der Waals surface area contributed by atoms with Crippen molar-refractivity contribution in [3.63, 3.8) is 0 Å². The Balaban J connectivity index is 1.36. The van der Waals surface area contributed by atoms with Gasteiger partial charge in [-0.05, 0) is 54.5 Å². The molecule has 2 aromatic heterocycles. The highest BCUT2D eigenvalue weighted by atomic mass is 16.3. The number of aromatic nitrogens is 2. The molecule has 2 amide bonds. The minimum atomic E-state index is -0.879. The number of rotatable bonds is 10. The van der Waals surface area contributed by atoms with Gasteiger partial charge in [-0.3, -0.25) is 24.4 Å². The lowest BCUT2D eigenvalue weighted by Crippen LogP contribution is -2.46. The second kappa shape index (κ2) is 12.7. The Labute approximate surface area is 244 Å². The van der Waals surface area contributed by atoms with Gasteiger partial charge < -0.3 is 20.8 Å². The maximum Gasteiger partial charge on any atom is 0.270 e. The van der Waals surface area contributed by atoms with Crippen LogP contribution in [0.4, 0.5) is 0 Å². The summed E-state index contributed by atoms with van der Waals surface area (Å²) in [4.78, 5) is 47.1. The first kappa shape index (κ1) is 28.6. The van der Waals surface area contributed by atoms with Crippen molar-refractivity contribution >= 4 is 17.6 Å². The van der Waals surface area contributed by atoms with E-state index in [1.165, 1.54) is 6.92 Å². The third kappa shape index (κ3) is 6.35. The largest absolute Gasteiger partial charge is 0.494 e. The number of nitrogens with one attached hydrogen (secondary N) is 3. The van der Waals surface area contributed by atoms with E-state index < -0.39 is 35.6 Å². The van der Waals surface area contributed by atoms with Crippen LogP contribution in [0.1, 0.15) is 70.1 Å². The predicted molar refractivity (Wildman–Crippen MR) is 158 cm³/mol. The molecule has 0 aliphatic heterocycles. The van der Waals surface area contributed by atoms with Gasteiger partial charge in [0.25, 0.3) is 5.91 Å². The minimum absolute atomic E-state index is 0.0259. The van der Waals surface area contributed by atoms with Gasteiger partial charge in [0.2, 0.25) is 11.8 Å². The van der Waals surface area contributed by atoms with E-state index in [0.29, 0.717) is 0 Å². The molecule has 9 nitrogen and oxygen atoms in total. The smallest absolute Gasteiger partial charge is 0.270 e. The molecule has 2 aromatic carbocycles. The lowest BCUT2D eigenvalue weighted by atomic mass is 9.90. The molecule has 1 fully saturated rings. The topological polar surface area (TPSA) is 144 Å². The van der Waals surface area contributed by atoms with E-state index in [-0.39, 0.29) is 35.0 Å². The van der Waals surface area contributed by atoms with Crippen molar-refractivity contribution in [3.05, 3.63) is 101 Å². The summed E-state index contributed by atoms with van der Waals surface area (Å²) in [6, 6.07) is 20.8. The zero-order valence-electron chi connectivity index (χ0n) is 23.3. The van der Waals surface area contributed by atoms with Crippen LogP contribution in [-0.4, -0.2) is 43.8 Å². The van der Waals surface area contributed by atoms with E-state index >= 15 is 0 Å². The normalized spacial score (nSPS) is 14.7. The van der Waals surface area contributed by atoms with E-state index in [4.69, 9.17) is 0 Å². The summed E-state index contributed by atoms with van der Waals surface area (Å²) in [5, 5.41) is 26.2. The van der Waals surface area contributed by atoms with Gasteiger partial charge in [-0.2, -0.15) is 0 Å². The number of Topliss-reactive ketones (excluding diaryl/α,β-unsaturated/α-hetero) is 1. The molecule has 216 valence electrons. The molecule has 0 saturated heterocycles. The molecule has 0 spiro atoms. The predicted octanol–water partition coefficient (Wildman–Crippen LogP) is 5.22. The second-order valence-corrected chi connectivity index (χ2v) is 10.7. The molecule has 1 aliphatic rings. The summed E-state index contributed by atoms with van der Waals surface area (Å²) in [5.41, 5.74) is 2.95. The van der Waals surface area contributed by atoms with Gasteiger partial charge in [-0.15, -0.1) is 0 Å². The number of hydrogen-bond donors (Lipinski definition) is 5. The minimum Gasteiger partial charge on any atom is -0.494 e. The molecule has 2 heterocycles. The van der Waals surface area contributed by atoms with Crippen LogP contribution in [-0.2, 0) is 4.79 Å². The number of pyridine rings is 1. The number of aromatic amines is 1. The fourth-order valence-corrected chi connectivity index (χ4v) is 5.66. The highest BCUT2D eigenvalue weighted by Crippen LogP contribution is 2.34. The highest BCUT2D eigenvalue weighted by molar-refractivity contribution is 6.05. The fourth-order valence-electron chi connectivity index (χ4n) is 5.66. The van der Waals surface area contributed by atoms with Crippen molar-refractivity contribution in [1.29, 1.82) is 0 Å². The first-order chi connectivity index (χ1) is 20.3. The number of hydrogen-bond acceptors (Lipinski definition) is 6. The van der Waals surface area contributed by atoms with E-state index in [1.54, 1.807) is 12.3 Å². The molecular formula is C33H34N4O5. The molecule has 42 heavy (non-hydrogen) atoms. The van der Waals surface area contributed by atoms with E-state index in [2.05, 4.69) is 20.6 Å². The van der Waals surface area contributed by atoms with Gasteiger partial charge in [-0.1, -0.05) is 73.5 Å². The third-order valence-electron chi connectivity index (χ3n) is 7.92. The van der Waals surface area contributed by atoms with Crippen molar-refractivity contribution in [3.8, 4) is 22.9 Å². The second-order valence-electron chi connectivity index (χ2n) is 10.7. The maximum absolute atomic E-state index is 13.6. The number of benzene rings is 2. The lowest BCUT2D eigenvalue weighted by molar-refractivity contribution is -0.122. The van der Waals surface area contributed by atoms with Crippen LogP contribution >= 0.6 is 0 Å². The SMILES string of the molecule is Cc1c(O)[nH]c(O)c1C(=O)[C@@H](NC(=O)C[C@H](NC(=O)c1cc(-c2ccccc2)ccn1)c1ccccc1)C1CCCC1. The number of nitrogens with zero attached hydrogens (tertiary/aromatic N) is 1. The standard InChI is InChI=1S/C33H34N4O5/c1-20-28(33(42)37-31(20)40)30(39)29(23-14-8-9-15-23)36-27(38)19-25(22-12-6-3-7-13-22)35-32(41)26-18-24(16-17-34-26)21-10-4-2-5-11-21/h2-7,10-13,16-18,23,25,29,37,40,42H,8-9,14-15,19H2,1H3,(H,35,41)(H,36,38)/t25-,29-/m0/s1. The Kier molecular flexibility index (Phi) is 8.66. The molecule has 0 radical (unpaired) electrons. The monoisotopic (exact) mass is 566 g/mol. The first-order valence-electron chi connectivity index (χ1n) is 14.1. The van der Waals surface area contributed by atoms with Gasteiger partial charge in [0.1, 0.15) is 5.69 Å². The number of carbonyl (C=O) groups excluding carboxylic acids is 3. The zero-order chi connectivity index (χ0) is 29.6. The number of aromatic hydroxyl groups is 2. The average Bonchev–Trinajstić information content (AvgIpc) is 3.63. The molecule has 9 heteroatoms. The van der Waals surface area contributed by atoms with E-state index in [1.807, 2.05) is 66.7 Å². The van der Waals surface area contributed by atoms with E-state index in [0.717, 1.165) is 42.4 Å². The average molecular weight is 567 g/mol. The lowest BCUT2D eigenvalue weighted by Gasteiger charge is -2.25. The van der Waals surface area contributed by atoms with Gasteiger partial charge >= 0.3 is 0 Å². The molecule has 5 rings (SSSR count). The summed E-state index contributed by atoms with van der Waals surface area (Å²) in [5.74, 6) is -2.12. The van der Waals surface area contributed by atoms with Crippen molar-refractivity contribution in [2.24, 2.45) is 5.92 Å². The summed E-state index contributed by atoms with van der Waals surface area (Å²) in [7, 11) is 0. The highest BCUT2D eigenvalue weighted by Gasteiger charge is 2.36.